The Hall–Kier alpha value is -0.460. The molecule has 0 spiro atoms. The number of hydrogen-bond acceptors (Lipinski definition) is 2. The van der Waals surface area contributed by atoms with Gasteiger partial charge >= 0.3 is 0 Å². The van der Waals surface area contributed by atoms with E-state index >= 15 is 0 Å². The Morgan fingerprint density at radius 3 is 2.57 bits per heavy atom. The second-order valence-corrected chi connectivity index (χ2v) is 5.75. The van der Waals surface area contributed by atoms with Crippen LogP contribution in [-0.2, 0) is 16.6 Å². The van der Waals surface area contributed by atoms with E-state index in [2.05, 4.69) is 20.7 Å². The highest BCUT2D eigenvalue weighted by Gasteiger charge is 2.08. The first-order valence-electron chi connectivity index (χ1n) is 3.82. The van der Waals surface area contributed by atoms with Crippen molar-refractivity contribution in [2.75, 3.05) is 4.66 Å². The topological polar surface area (TPSA) is 46.2 Å². The van der Waals surface area contributed by atoms with Crippen LogP contribution in [0.3, 0.4) is 0 Å². The largest absolute Gasteiger partial charge is 0.221 e. The van der Waals surface area contributed by atoms with Crippen molar-refractivity contribution in [3.8, 4) is 0 Å². The highest BCUT2D eigenvalue weighted by atomic mass is 79.9. The Kier molecular flexibility index (Phi) is 4.03. The minimum Gasteiger partial charge on any atom is -0.212 e. The van der Waals surface area contributed by atoms with Gasteiger partial charge in [0.05, 0.1) is 0 Å². The van der Waals surface area contributed by atoms with Crippen molar-refractivity contribution < 1.29 is 12.8 Å². The van der Waals surface area contributed by atoms with E-state index in [9.17, 15) is 12.8 Å². The predicted octanol–water partition coefficient (Wildman–Crippen LogP) is 1.60. The van der Waals surface area contributed by atoms with Crippen LogP contribution in [0.5, 0.6) is 0 Å². The Morgan fingerprint density at radius 2 is 2.00 bits per heavy atom. The lowest BCUT2D eigenvalue weighted by atomic mass is 10.2. The zero-order valence-corrected chi connectivity index (χ0v) is 9.61. The fourth-order valence-electron chi connectivity index (χ4n) is 0.868. The molecule has 0 aliphatic rings. The molecule has 0 unspecified atom stereocenters. The summed E-state index contributed by atoms with van der Waals surface area (Å²) in [7, 11) is -3.33. The molecule has 0 aromatic heterocycles. The highest BCUT2D eigenvalue weighted by Crippen LogP contribution is 2.06. The van der Waals surface area contributed by atoms with Crippen LogP contribution >= 0.6 is 15.9 Å². The van der Waals surface area contributed by atoms with Gasteiger partial charge in [0.25, 0.3) is 0 Å². The van der Waals surface area contributed by atoms with Gasteiger partial charge in [-0.25, -0.2) is 17.5 Å². The number of sulfonamides is 1. The molecule has 0 bridgehead atoms. The van der Waals surface area contributed by atoms with Gasteiger partial charge in [0, 0.05) is 12.1 Å². The minimum absolute atomic E-state index is 0.0272. The summed E-state index contributed by atoms with van der Waals surface area (Å²) in [5, 5.41) is 0. The fraction of sp³-hybridized carbons (Fsp3) is 0.250. The quantitative estimate of drug-likeness (QED) is 0.853. The van der Waals surface area contributed by atoms with Crippen molar-refractivity contribution in [3.05, 3.63) is 35.6 Å². The molecule has 0 aliphatic heterocycles. The number of alkyl halides is 1. The predicted molar refractivity (Wildman–Crippen MR) is 56.0 cm³/mol. The van der Waals surface area contributed by atoms with E-state index in [0.717, 1.165) is 0 Å². The van der Waals surface area contributed by atoms with Gasteiger partial charge in [0.1, 0.15) is 10.5 Å². The van der Waals surface area contributed by atoms with E-state index in [-0.39, 0.29) is 11.2 Å². The molecule has 0 heterocycles. The molecule has 0 radical (unpaired) electrons. The molecule has 0 saturated heterocycles. The van der Waals surface area contributed by atoms with Gasteiger partial charge in [0.15, 0.2) is 0 Å². The summed E-state index contributed by atoms with van der Waals surface area (Å²) in [6.07, 6.45) is 0. The molecular weight excluding hydrogens is 273 g/mol. The summed E-state index contributed by atoms with van der Waals surface area (Å²) in [5.41, 5.74) is 0.331. The number of hydrogen-bond donors (Lipinski definition) is 1. The second-order valence-electron chi connectivity index (χ2n) is 2.64. The van der Waals surface area contributed by atoms with Crippen molar-refractivity contribution in [2.24, 2.45) is 0 Å². The van der Waals surface area contributed by atoms with Crippen molar-refractivity contribution >= 4 is 26.0 Å². The molecule has 3 nitrogen and oxygen atoms in total. The van der Waals surface area contributed by atoms with Gasteiger partial charge in [-0.05, 0) is 6.07 Å². The van der Waals surface area contributed by atoms with Crippen LogP contribution in [-0.4, -0.2) is 13.1 Å². The maximum Gasteiger partial charge on any atom is 0.221 e. The average Bonchev–Trinajstić information content (AvgIpc) is 2.17. The van der Waals surface area contributed by atoms with E-state index in [1.165, 1.54) is 12.1 Å². The van der Waals surface area contributed by atoms with Gasteiger partial charge < -0.3 is 0 Å². The molecule has 0 amide bonds. The summed E-state index contributed by atoms with van der Waals surface area (Å²) in [6.45, 7) is -0.0272. The van der Waals surface area contributed by atoms with Gasteiger partial charge in [-0.15, -0.1) is 0 Å². The third-order valence-corrected chi connectivity index (χ3v) is 4.26. The molecule has 1 rings (SSSR count). The van der Waals surface area contributed by atoms with E-state index in [0.29, 0.717) is 5.56 Å². The maximum absolute atomic E-state index is 13.0. The summed E-state index contributed by atoms with van der Waals surface area (Å²) in [5.74, 6) is -0.412. The maximum atomic E-state index is 13.0. The van der Waals surface area contributed by atoms with Crippen molar-refractivity contribution in [1.82, 2.24) is 4.72 Å². The summed E-state index contributed by atoms with van der Waals surface area (Å²) >= 11 is 2.82. The fourth-order valence-corrected chi connectivity index (χ4v) is 1.81. The number of nitrogens with one attached hydrogen (secondary N) is 1. The molecule has 0 aliphatic carbocycles. The van der Waals surface area contributed by atoms with E-state index < -0.39 is 15.8 Å². The Bertz CT molecular complexity index is 408. The Morgan fingerprint density at radius 1 is 1.36 bits per heavy atom. The number of halogens is 2. The van der Waals surface area contributed by atoms with Gasteiger partial charge in [0.2, 0.25) is 10.0 Å². The first-order chi connectivity index (χ1) is 6.55. The SMILES string of the molecule is O=S(=O)(CBr)NCc1ccccc1F. The third-order valence-electron chi connectivity index (χ3n) is 1.58. The summed E-state index contributed by atoms with van der Waals surface area (Å²) < 4.78 is 37.1. The molecule has 78 valence electrons. The number of benzene rings is 1. The van der Waals surface area contributed by atoms with E-state index in [4.69, 9.17) is 0 Å². The molecule has 0 saturated carbocycles. The zero-order chi connectivity index (χ0) is 10.6. The van der Waals surface area contributed by atoms with Crippen LogP contribution in [0.15, 0.2) is 24.3 Å². The lowest BCUT2D eigenvalue weighted by Crippen LogP contribution is -2.24. The number of rotatable bonds is 4. The van der Waals surface area contributed by atoms with Gasteiger partial charge in [-0.2, -0.15) is 0 Å². The first kappa shape index (κ1) is 11.6. The summed E-state index contributed by atoms with van der Waals surface area (Å²) in [6, 6.07) is 6.03. The van der Waals surface area contributed by atoms with Crippen LogP contribution in [0.1, 0.15) is 5.56 Å². The van der Waals surface area contributed by atoms with Crippen molar-refractivity contribution in [1.29, 1.82) is 0 Å². The summed E-state index contributed by atoms with van der Waals surface area (Å²) in [4.78, 5) is 0. The van der Waals surface area contributed by atoms with E-state index in [1.54, 1.807) is 12.1 Å². The normalized spacial score (nSPS) is 11.6. The molecule has 0 atom stereocenters. The monoisotopic (exact) mass is 281 g/mol. The molecule has 6 heteroatoms. The lowest BCUT2D eigenvalue weighted by Gasteiger charge is -2.04. The van der Waals surface area contributed by atoms with Gasteiger partial charge in [-0.3, -0.25) is 0 Å². The lowest BCUT2D eigenvalue weighted by molar-refractivity contribution is 0.579. The van der Waals surface area contributed by atoms with Crippen LogP contribution in [0.25, 0.3) is 0 Å². The van der Waals surface area contributed by atoms with Crippen molar-refractivity contribution in [3.63, 3.8) is 0 Å². The molecular formula is C8H9BrFNO2S. The average molecular weight is 282 g/mol. The molecule has 1 aromatic carbocycles. The van der Waals surface area contributed by atoms with E-state index in [1.807, 2.05) is 0 Å². The Balaban J connectivity index is 2.68. The van der Waals surface area contributed by atoms with Crippen LogP contribution in [0.4, 0.5) is 4.39 Å². The zero-order valence-electron chi connectivity index (χ0n) is 7.20. The standard InChI is InChI=1S/C8H9BrFNO2S/c9-6-14(12,13)11-5-7-3-1-2-4-8(7)10/h1-4,11H,5-6H2. The van der Waals surface area contributed by atoms with Crippen LogP contribution in [0.2, 0.25) is 0 Å². The van der Waals surface area contributed by atoms with Gasteiger partial charge in [-0.1, -0.05) is 34.1 Å². The smallest absolute Gasteiger partial charge is 0.212 e. The van der Waals surface area contributed by atoms with Crippen LogP contribution in [0, 0.1) is 5.82 Å². The van der Waals surface area contributed by atoms with Crippen LogP contribution < -0.4 is 4.72 Å². The highest BCUT2D eigenvalue weighted by molar-refractivity contribution is 9.10. The molecule has 1 aromatic rings. The first-order valence-corrected chi connectivity index (χ1v) is 6.59. The Labute approximate surface area is 90.5 Å². The van der Waals surface area contributed by atoms with Crippen molar-refractivity contribution in [2.45, 2.75) is 6.54 Å². The third kappa shape index (κ3) is 3.36. The second kappa shape index (κ2) is 4.86. The molecule has 1 N–H and O–H groups in total. The molecule has 0 fully saturated rings. The molecule has 14 heavy (non-hydrogen) atoms. The minimum atomic E-state index is -3.33.